The number of hydrogen-bond acceptors (Lipinski definition) is 3. The molecule has 0 spiro atoms. The zero-order valence-corrected chi connectivity index (χ0v) is 17.5. The Labute approximate surface area is 175 Å². The number of benzene rings is 3. The van der Waals surface area contributed by atoms with E-state index in [1.54, 1.807) is 0 Å². The van der Waals surface area contributed by atoms with Crippen molar-refractivity contribution in [2.75, 3.05) is 0 Å². The van der Waals surface area contributed by atoms with Crippen molar-refractivity contribution in [3.05, 3.63) is 65.7 Å². The molecule has 0 amide bonds. The summed E-state index contributed by atoms with van der Waals surface area (Å²) in [5.74, 6) is 0.0870. The maximum atomic E-state index is 13.1. The third-order valence-corrected chi connectivity index (χ3v) is 7.01. The van der Waals surface area contributed by atoms with Crippen LogP contribution in [0.25, 0.3) is 32.9 Å². The van der Waals surface area contributed by atoms with E-state index in [9.17, 15) is 4.79 Å². The second kappa shape index (κ2) is 5.62. The third kappa shape index (κ3) is 2.22. The zero-order chi connectivity index (χ0) is 20.8. The number of fused-ring (bicyclic) bond motifs is 7. The van der Waals surface area contributed by atoms with Crippen molar-refractivity contribution in [1.82, 2.24) is 4.98 Å². The number of ketones is 1. The summed E-state index contributed by atoms with van der Waals surface area (Å²) in [7, 11) is -0.412. The number of carbonyl (C=O) groups excluding carboxylic acids is 1. The van der Waals surface area contributed by atoms with E-state index in [0.29, 0.717) is 0 Å². The summed E-state index contributed by atoms with van der Waals surface area (Å²) in [6.07, 6.45) is 0. The highest BCUT2D eigenvalue weighted by Crippen LogP contribution is 2.42. The van der Waals surface area contributed by atoms with Gasteiger partial charge in [-0.3, -0.25) is 4.79 Å². The van der Waals surface area contributed by atoms with Crippen LogP contribution in [0.2, 0.25) is 0 Å². The van der Waals surface area contributed by atoms with Gasteiger partial charge in [0, 0.05) is 21.9 Å². The second-order valence-corrected chi connectivity index (χ2v) is 9.30. The summed E-state index contributed by atoms with van der Waals surface area (Å²) in [4.78, 5) is 16.6. The van der Waals surface area contributed by atoms with E-state index < -0.39 is 7.12 Å². The molecule has 0 bridgehead atoms. The minimum atomic E-state index is -0.412. The molecule has 148 valence electrons. The molecule has 4 aromatic rings. The standard InChI is InChI=1S/C25H22BNO3/c1-24(2)25(3,4)30-26(29-24)14-9-12-20-19(13-14)17-11-10-16-15-7-5-6-8-18(15)23(28)21(16)22(17)27-20/h5-13,27H,1-4H3. The molecule has 1 aromatic heterocycles. The predicted molar refractivity (Wildman–Crippen MR) is 120 cm³/mol. The molecule has 0 radical (unpaired) electrons. The molecule has 6 rings (SSSR count). The molecule has 5 heteroatoms. The van der Waals surface area contributed by atoms with Gasteiger partial charge in [0.15, 0.2) is 5.78 Å². The lowest BCUT2D eigenvalue weighted by Crippen LogP contribution is -2.41. The Balaban J connectivity index is 1.52. The van der Waals surface area contributed by atoms with Gasteiger partial charge in [-0.25, -0.2) is 0 Å². The summed E-state index contributed by atoms with van der Waals surface area (Å²) in [5, 5.41) is 2.12. The van der Waals surface area contributed by atoms with Crippen LogP contribution >= 0.6 is 0 Å². The van der Waals surface area contributed by atoms with Crippen LogP contribution in [-0.2, 0) is 9.31 Å². The molecule has 2 heterocycles. The number of rotatable bonds is 1. The second-order valence-electron chi connectivity index (χ2n) is 9.30. The van der Waals surface area contributed by atoms with Crippen LogP contribution in [0, 0.1) is 0 Å². The Hall–Kier alpha value is -2.89. The van der Waals surface area contributed by atoms with Gasteiger partial charge in [-0.05, 0) is 50.4 Å². The van der Waals surface area contributed by atoms with Crippen molar-refractivity contribution in [1.29, 1.82) is 0 Å². The molecule has 1 fully saturated rings. The fourth-order valence-corrected chi connectivity index (χ4v) is 4.62. The maximum absolute atomic E-state index is 13.1. The van der Waals surface area contributed by atoms with E-state index in [-0.39, 0.29) is 17.0 Å². The number of aromatic nitrogens is 1. The van der Waals surface area contributed by atoms with Gasteiger partial charge in [-0.15, -0.1) is 0 Å². The first-order chi connectivity index (χ1) is 14.3. The first kappa shape index (κ1) is 17.9. The SMILES string of the molecule is CC1(C)OB(c2ccc3[nH]c4c5c(ccc4c3c2)-c2ccccc2C5=O)OC1(C)C. The molecular weight excluding hydrogens is 373 g/mol. The van der Waals surface area contributed by atoms with Crippen molar-refractivity contribution < 1.29 is 14.1 Å². The fourth-order valence-electron chi connectivity index (χ4n) is 4.62. The van der Waals surface area contributed by atoms with Crippen LogP contribution in [0.1, 0.15) is 43.6 Å². The van der Waals surface area contributed by atoms with E-state index in [1.165, 1.54) is 0 Å². The Kier molecular flexibility index (Phi) is 3.36. The molecular formula is C25H22BNO3. The molecule has 1 N–H and O–H groups in total. The average molecular weight is 395 g/mol. The van der Waals surface area contributed by atoms with Crippen molar-refractivity contribution in [2.24, 2.45) is 0 Å². The molecule has 30 heavy (non-hydrogen) atoms. The van der Waals surface area contributed by atoms with Crippen LogP contribution in [0.15, 0.2) is 54.6 Å². The van der Waals surface area contributed by atoms with E-state index in [1.807, 2.05) is 30.3 Å². The molecule has 3 aromatic carbocycles. The first-order valence-corrected chi connectivity index (χ1v) is 10.3. The van der Waals surface area contributed by atoms with Crippen molar-refractivity contribution in [3.8, 4) is 11.1 Å². The van der Waals surface area contributed by atoms with E-state index >= 15 is 0 Å². The number of carbonyl (C=O) groups is 1. The Bertz CT molecular complexity index is 1370. The van der Waals surface area contributed by atoms with Gasteiger partial charge in [0.25, 0.3) is 0 Å². The minimum Gasteiger partial charge on any atom is -0.399 e. The molecule has 1 aliphatic heterocycles. The monoisotopic (exact) mass is 395 g/mol. The Morgan fingerprint density at radius 1 is 0.800 bits per heavy atom. The largest absolute Gasteiger partial charge is 0.494 e. The van der Waals surface area contributed by atoms with Crippen LogP contribution in [-0.4, -0.2) is 29.1 Å². The average Bonchev–Trinajstić information content (AvgIpc) is 3.29. The van der Waals surface area contributed by atoms with E-state index in [0.717, 1.165) is 49.5 Å². The van der Waals surface area contributed by atoms with Gasteiger partial charge in [0.1, 0.15) is 0 Å². The highest BCUT2D eigenvalue weighted by Gasteiger charge is 2.51. The molecule has 1 saturated heterocycles. The fraction of sp³-hybridized carbons (Fsp3) is 0.240. The van der Waals surface area contributed by atoms with Gasteiger partial charge in [-0.2, -0.15) is 0 Å². The predicted octanol–water partition coefficient (Wildman–Crippen LogP) is 4.83. The van der Waals surface area contributed by atoms with Crippen LogP contribution in [0.5, 0.6) is 0 Å². The lowest BCUT2D eigenvalue weighted by Gasteiger charge is -2.32. The van der Waals surface area contributed by atoms with Gasteiger partial charge in [0.05, 0.1) is 22.3 Å². The molecule has 0 saturated carbocycles. The lowest BCUT2D eigenvalue weighted by atomic mass is 9.78. The molecule has 4 nitrogen and oxygen atoms in total. The summed E-state index contributed by atoms with van der Waals surface area (Å²) in [6, 6.07) is 18.2. The smallest absolute Gasteiger partial charge is 0.399 e. The van der Waals surface area contributed by atoms with Crippen LogP contribution in [0.4, 0.5) is 0 Å². The quantitative estimate of drug-likeness (QED) is 0.414. The molecule has 0 atom stereocenters. The van der Waals surface area contributed by atoms with E-state index in [2.05, 4.69) is 56.9 Å². The normalized spacial score (nSPS) is 18.9. The number of hydrogen-bond donors (Lipinski definition) is 1. The van der Waals surface area contributed by atoms with Gasteiger partial charge < -0.3 is 14.3 Å². The number of aromatic amines is 1. The maximum Gasteiger partial charge on any atom is 0.494 e. The van der Waals surface area contributed by atoms with Gasteiger partial charge >= 0.3 is 7.12 Å². The number of nitrogens with one attached hydrogen (secondary N) is 1. The Morgan fingerprint density at radius 2 is 1.50 bits per heavy atom. The summed E-state index contributed by atoms with van der Waals surface area (Å²) in [5.41, 5.74) is 5.67. The summed E-state index contributed by atoms with van der Waals surface area (Å²) >= 11 is 0. The molecule has 1 aliphatic carbocycles. The molecule has 0 unspecified atom stereocenters. The van der Waals surface area contributed by atoms with Gasteiger partial charge in [0.2, 0.25) is 0 Å². The van der Waals surface area contributed by atoms with Crippen molar-refractivity contribution in [3.63, 3.8) is 0 Å². The topological polar surface area (TPSA) is 51.3 Å². The van der Waals surface area contributed by atoms with Crippen LogP contribution < -0.4 is 5.46 Å². The highest BCUT2D eigenvalue weighted by atomic mass is 16.7. The summed E-state index contributed by atoms with van der Waals surface area (Å²) in [6.45, 7) is 8.24. The third-order valence-electron chi connectivity index (χ3n) is 7.01. The lowest BCUT2D eigenvalue weighted by molar-refractivity contribution is 0.00578. The van der Waals surface area contributed by atoms with E-state index in [4.69, 9.17) is 9.31 Å². The van der Waals surface area contributed by atoms with Crippen molar-refractivity contribution in [2.45, 2.75) is 38.9 Å². The minimum absolute atomic E-state index is 0.0870. The van der Waals surface area contributed by atoms with Gasteiger partial charge in [-0.1, -0.05) is 48.5 Å². The summed E-state index contributed by atoms with van der Waals surface area (Å²) < 4.78 is 12.5. The van der Waals surface area contributed by atoms with Crippen molar-refractivity contribution >= 4 is 40.2 Å². The Morgan fingerprint density at radius 3 is 2.23 bits per heavy atom. The number of H-pyrrole nitrogens is 1. The highest BCUT2D eigenvalue weighted by molar-refractivity contribution is 6.62. The zero-order valence-electron chi connectivity index (χ0n) is 17.5. The molecule has 2 aliphatic rings. The first-order valence-electron chi connectivity index (χ1n) is 10.3. The van der Waals surface area contributed by atoms with Crippen LogP contribution in [0.3, 0.4) is 0 Å².